The van der Waals surface area contributed by atoms with Gasteiger partial charge in [-0.25, -0.2) is 0 Å². The number of hydrogen-bond acceptors (Lipinski definition) is 3. The molecule has 5 heteroatoms. The van der Waals surface area contributed by atoms with Gasteiger partial charge in [0.05, 0.1) is 7.11 Å². The second-order valence-corrected chi connectivity index (χ2v) is 6.01. The minimum Gasteiger partial charge on any atom is -0.497 e. The molecule has 0 N–H and O–H groups in total. The lowest BCUT2D eigenvalue weighted by Gasteiger charge is -2.15. The van der Waals surface area contributed by atoms with E-state index in [9.17, 15) is 4.79 Å². The van der Waals surface area contributed by atoms with E-state index >= 15 is 0 Å². The van der Waals surface area contributed by atoms with Crippen molar-refractivity contribution in [1.29, 1.82) is 0 Å². The van der Waals surface area contributed by atoms with Crippen LogP contribution in [0.5, 0.6) is 5.75 Å². The van der Waals surface area contributed by atoms with Crippen LogP contribution >= 0.6 is 0 Å². The number of aryl methyl sites for hydroxylation is 1. The molecule has 0 bridgehead atoms. The van der Waals surface area contributed by atoms with Gasteiger partial charge in [0.2, 0.25) is 0 Å². The van der Waals surface area contributed by atoms with Gasteiger partial charge >= 0.3 is 0 Å². The van der Waals surface area contributed by atoms with E-state index in [1.165, 1.54) is 5.56 Å². The molecule has 0 saturated carbocycles. The number of ether oxygens (including phenoxy) is 1. The van der Waals surface area contributed by atoms with Gasteiger partial charge in [-0.2, -0.15) is 5.10 Å². The van der Waals surface area contributed by atoms with E-state index in [4.69, 9.17) is 4.74 Å². The van der Waals surface area contributed by atoms with Crippen molar-refractivity contribution in [3.63, 3.8) is 0 Å². The van der Waals surface area contributed by atoms with Crippen molar-refractivity contribution in [2.75, 3.05) is 20.2 Å². The van der Waals surface area contributed by atoms with E-state index in [1.54, 1.807) is 11.8 Å². The van der Waals surface area contributed by atoms with Crippen LogP contribution in [0.25, 0.3) is 0 Å². The molecule has 2 heterocycles. The Morgan fingerprint density at radius 3 is 2.74 bits per heavy atom. The van der Waals surface area contributed by atoms with Crippen molar-refractivity contribution in [3.05, 3.63) is 47.8 Å². The second kappa shape index (κ2) is 6.86. The fourth-order valence-electron chi connectivity index (χ4n) is 3.09. The number of hydrogen-bond donors (Lipinski definition) is 0. The first-order chi connectivity index (χ1) is 11.2. The molecule has 5 nitrogen and oxygen atoms in total. The van der Waals surface area contributed by atoms with Crippen molar-refractivity contribution < 1.29 is 9.53 Å². The van der Waals surface area contributed by atoms with Crippen LogP contribution in [0.3, 0.4) is 0 Å². The number of likely N-dealkylation sites (tertiary alicyclic amines) is 1. The standard InChI is InChI=1S/C18H23N3O2/c1-3-21-11-9-17(19-21)18(22)20-10-8-15(13-20)12-14-4-6-16(23-2)7-5-14/h4-7,9,11,15H,3,8,10,12-13H2,1-2H3. The number of nitrogens with zero attached hydrogens (tertiary/aromatic N) is 3. The van der Waals surface area contributed by atoms with Crippen LogP contribution in [0.2, 0.25) is 0 Å². The Morgan fingerprint density at radius 2 is 2.09 bits per heavy atom. The monoisotopic (exact) mass is 313 g/mol. The third kappa shape index (κ3) is 3.55. The normalized spacial score (nSPS) is 17.5. The summed E-state index contributed by atoms with van der Waals surface area (Å²) in [5, 5.41) is 4.31. The Balaban J connectivity index is 1.58. The van der Waals surface area contributed by atoms with E-state index in [1.807, 2.05) is 36.2 Å². The topological polar surface area (TPSA) is 47.4 Å². The molecule has 1 saturated heterocycles. The smallest absolute Gasteiger partial charge is 0.274 e. The quantitative estimate of drug-likeness (QED) is 0.852. The highest BCUT2D eigenvalue weighted by molar-refractivity contribution is 5.92. The van der Waals surface area contributed by atoms with Crippen molar-refractivity contribution in [1.82, 2.24) is 14.7 Å². The predicted molar refractivity (Wildman–Crippen MR) is 88.6 cm³/mol. The third-order valence-electron chi connectivity index (χ3n) is 4.44. The van der Waals surface area contributed by atoms with Gasteiger partial charge in [-0.3, -0.25) is 9.48 Å². The van der Waals surface area contributed by atoms with Crippen LogP contribution in [0.15, 0.2) is 36.5 Å². The molecule has 1 atom stereocenters. The van der Waals surface area contributed by atoms with Gasteiger partial charge in [0.1, 0.15) is 11.4 Å². The van der Waals surface area contributed by atoms with Gasteiger partial charge < -0.3 is 9.64 Å². The molecule has 1 aliphatic rings. The number of amides is 1. The average Bonchev–Trinajstić information content (AvgIpc) is 3.24. The summed E-state index contributed by atoms with van der Waals surface area (Å²) in [4.78, 5) is 14.4. The van der Waals surface area contributed by atoms with Crippen molar-refractivity contribution in [2.24, 2.45) is 5.92 Å². The number of aromatic nitrogens is 2. The van der Waals surface area contributed by atoms with Gasteiger partial charge in [0.15, 0.2) is 0 Å². The Kier molecular flexibility index (Phi) is 4.65. The van der Waals surface area contributed by atoms with Crippen LogP contribution in [-0.2, 0) is 13.0 Å². The van der Waals surface area contributed by atoms with Gasteiger partial charge in [0, 0.05) is 25.8 Å². The van der Waals surface area contributed by atoms with Gasteiger partial charge in [0.25, 0.3) is 5.91 Å². The summed E-state index contributed by atoms with van der Waals surface area (Å²) in [6, 6.07) is 10.00. The summed E-state index contributed by atoms with van der Waals surface area (Å²) >= 11 is 0. The Bertz CT molecular complexity index is 663. The molecule has 1 aliphatic heterocycles. The lowest BCUT2D eigenvalue weighted by Crippen LogP contribution is -2.29. The van der Waals surface area contributed by atoms with Crippen LogP contribution in [-0.4, -0.2) is 40.8 Å². The van der Waals surface area contributed by atoms with Gasteiger partial charge in [-0.1, -0.05) is 12.1 Å². The SMILES string of the molecule is CCn1ccc(C(=O)N2CCC(Cc3ccc(OC)cc3)C2)n1. The molecule has 0 aliphatic carbocycles. The minimum absolute atomic E-state index is 0.0504. The lowest BCUT2D eigenvalue weighted by atomic mass is 9.99. The maximum Gasteiger partial charge on any atom is 0.274 e. The maximum atomic E-state index is 12.5. The Hall–Kier alpha value is -2.30. The first-order valence-corrected chi connectivity index (χ1v) is 8.15. The fraction of sp³-hybridized carbons (Fsp3) is 0.444. The van der Waals surface area contributed by atoms with Crippen LogP contribution in [0, 0.1) is 5.92 Å². The molecule has 1 unspecified atom stereocenters. The van der Waals surface area contributed by atoms with Gasteiger partial charge in [-0.15, -0.1) is 0 Å². The van der Waals surface area contributed by atoms with E-state index in [2.05, 4.69) is 17.2 Å². The van der Waals surface area contributed by atoms with Crippen molar-refractivity contribution in [2.45, 2.75) is 26.3 Å². The summed E-state index contributed by atoms with van der Waals surface area (Å²) in [5.41, 5.74) is 1.84. The summed E-state index contributed by atoms with van der Waals surface area (Å²) in [6.45, 7) is 4.43. The summed E-state index contributed by atoms with van der Waals surface area (Å²) < 4.78 is 6.98. The number of carbonyl (C=O) groups excluding carboxylic acids is 1. The van der Waals surface area contributed by atoms with E-state index in [-0.39, 0.29) is 5.91 Å². The highest BCUT2D eigenvalue weighted by Gasteiger charge is 2.28. The molecule has 0 spiro atoms. The molecule has 1 amide bonds. The molecule has 2 aromatic rings. The fourth-order valence-corrected chi connectivity index (χ4v) is 3.09. The highest BCUT2D eigenvalue weighted by atomic mass is 16.5. The summed E-state index contributed by atoms with van der Waals surface area (Å²) in [7, 11) is 1.68. The zero-order chi connectivity index (χ0) is 16.2. The van der Waals surface area contributed by atoms with Crippen LogP contribution in [0.1, 0.15) is 29.4 Å². The minimum atomic E-state index is 0.0504. The van der Waals surface area contributed by atoms with Crippen molar-refractivity contribution >= 4 is 5.91 Å². The zero-order valence-electron chi connectivity index (χ0n) is 13.7. The molecular weight excluding hydrogens is 290 g/mol. The number of benzene rings is 1. The first-order valence-electron chi connectivity index (χ1n) is 8.15. The molecule has 1 fully saturated rings. The van der Waals surface area contributed by atoms with Crippen LogP contribution < -0.4 is 4.74 Å². The molecule has 0 radical (unpaired) electrons. The second-order valence-electron chi connectivity index (χ2n) is 6.01. The molecular formula is C18H23N3O2. The molecule has 23 heavy (non-hydrogen) atoms. The summed E-state index contributed by atoms with van der Waals surface area (Å²) in [6.07, 6.45) is 3.90. The van der Waals surface area contributed by atoms with E-state index in [0.717, 1.165) is 38.2 Å². The average molecular weight is 313 g/mol. The van der Waals surface area contributed by atoms with Crippen LogP contribution in [0.4, 0.5) is 0 Å². The largest absolute Gasteiger partial charge is 0.497 e. The molecule has 1 aromatic heterocycles. The number of methoxy groups -OCH3 is 1. The summed E-state index contributed by atoms with van der Waals surface area (Å²) in [5.74, 6) is 1.44. The maximum absolute atomic E-state index is 12.5. The first kappa shape index (κ1) is 15.6. The number of rotatable bonds is 5. The van der Waals surface area contributed by atoms with Gasteiger partial charge in [-0.05, 0) is 49.4 Å². The van der Waals surface area contributed by atoms with Crippen molar-refractivity contribution in [3.8, 4) is 5.75 Å². The third-order valence-corrected chi connectivity index (χ3v) is 4.44. The van der Waals surface area contributed by atoms with E-state index in [0.29, 0.717) is 11.6 Å². The Morgan fingerprint density at radius 1 is 1.30 bits per heavy atom. The van der Waals surface area contributed by atoms with E-state index < -0.39 is 0 Å². The molecule has 1 aromatic carbocycles. The Labute approximate surface area is 136 Å². The zero-order valence-corrected chi connectivity index (χ0v) is 13.7. The lowest BCUT2D eigenvalue weighted by molar-refractivity contribution is 0.0780. The number of carbonyl (C=O) groups is 1. The molecule has 122 valence electrons. The molecule has 3 rings (SSSR count). The highest BCUT2D eigenvalue weighted by Crippen LogP contribution is 2.23. The predicted octanol–water partition coefficient (Wildman–Crippen LogP) is 2.62.